The Bertz CT molecular complexity index is 130. The van der Waals surface area contributed by atoms with E-state index in [0.29, 0.717) is 0 Å². The van der Waals surface area contributed by atoms with Gasteiger partial charge in [-0.1, -0.05) is 12.1 Å². The zero-order chi connectivity index (χ0) is 5.11. The van der Waals surface area contributed by atoms with Gasteiger partial charge >= 0.3 is 0 Å². The quantitative estimate of drug-likeness (QED) is 0.785. The first-order valence-electron chi connectivity index (χ1n) is 2.16. The Morgan fingerprint density at radius 1 is 1.75 bits per heavy atom. The first-order chi connectivity index (χ1) is 3.43. The summed E-state index contributed by atoms with van der Waals surface area (Å²) in [6, 6.07) is 0. The molecule has 4 nitrogen and oxygen atoms in total. The average Bonchev–Trinajstić information content (AvgIpc) is 2.14. The summed E-state index contributed by atoms with van der Waals surface area (Å²) in [5.74, 6) is 0.764. The Kier molecular flexibility index (Phi) is 4.11. The van der Waals surface area contributed by atoms with Crippen LogP contribution >= 0.6 is 0 Å². The number of nitrogens with one attached hydrogen (secondary N) is 1. The van der Waals surface area contributed by atoms with Crippen molar-refractivity contribution in [1.82, 2.24) is 20.6 Å². The zero-order valence-electron chi connectivity index (χ0n) is 4.55. The van der Waals surface area contributed by atoms with Crippen LogP contribution in [0.5, 0.6) is 0 Å². The molecule has 1 aromatic rings. The third-order valence-electron chi connectivity index (χ3n) is 0.705. The van der Waals surface area contributed by atoms with Crippen LogP contribution in [0, 0.1) is 31.1 Å². The molecular weight excluding hydrogens is 330 g/mol. The second-order valence-electron chi connectivity index (χ2n) is 1.18. The SMILES string of the molecule is CCc1nn[nH]n1.[HH].[U]. The normalized spacial score (nSPS) is 8.12. The van der Waals surface area contributed by atoms with Crippen LogP contribution in [0.3, 0.4) is 0 Å². The summed E-state index contributed by atoms with van der Waals surface area (Å²) in [6.07, 6.45) is 0.844. The molecule has 0 saturated carbocycles. The van der Waals surface area contributed by atoms with Gasteiger partial charge in [0.05, 0.1) is 0 Å². The second kappa shape index (κ2) is 4.05. The van der Waals surface area contributed by atoms with E-state index in [1.165, 1.54) is 0 Å². The first kappa shape index (κ1) is 8.12. The molecule has 0 aliphatic heterocycles. The van der Waals surface area contributed by atoms with Crippen LogP contribution < -0.4 is 0 Å². The summed E-state index contributed by atoms with van der Waals surface area (Å²) in [4.78, 5) is 0. The molecule has 0 radical (unpaired) electrons. The Hall–Kier alpha value is 0.122. The third-order valence-corrected chi connectivity index (χ3v) is 0.705. The van der Waals surface area contributed by atoms with E-state index >= 15 is 0 Å². The summed E-state index contributed by atoms with van der Waals surface area (Å²) in [7, 11) is 0. The third kappa shape index (κ3) is 1.93. The van der Waals surface area contributed by atoms with E-state index in [-0.39, 0.29) is 32.5 Å². The van der Waals surface area contributed by atoms with Crippen molar-refractivity contribution in [1.29, 1.82) is 0 Å². The van der Waals surface area contributed by atoms with Crippen LogP contribution in [-0.2, 0) is 6.42 Å². The van der Waals surface area contributed by atoms with E-state index in [4.69, 9.17) is 0 Å². The minimum Gasteiger partial charge on any atom is -0.177 e. The van der Waals surface area contributed by atoms with E-state index in [1.807, 2.05) is 6.92 Å². The fraction of sp³-hybridized carbons (Fsp3) is 0.667. The van der Waals surface area contributed by atoms with E-state index in [1.54, 1.807) is 0 Å². The van der Waals surface area contributed by atoms with Crippen molar-refractivity contribution in [2.45, 2.75) is 13.3 Å². The smallest absolute Gasteiger partial charge is 0.174 e. The molecule has 5 heteroatoms. The number of aryl methyl sites for hydroxylation is 1. The maximum absolute atomic E-state index is 3.69. The van der Waals surface area contributed by atoms with Gasteiger partial charge in [0.25, 0.3) is 0 Å². The molecule has 1 aromatic heterocycles. The van der Waals surface area contributed by atoms with Crippen molar-refractivity contribution in [2.24, 2.45) is 0 Å². The molecule has 1 rings (SSSR count). The summed E-state index contributed by atoms with van der Waals surface area (Å²) in [6.45, 7) is 1.98. The molecule has 1 N–H and O–H groups in total. The Balaban J connectivity index is 0. The maximum atomic E-state index is 3.69. The Morgan fingerprint density at radius 3 is 2.75 bits per heavy atom. The summed E-state index contributed by atoms with van der Waals surface area (Å²) in [5.41, 5.74) is 0. The molecule has 1 heterocycles. The maximum Gasteiger partial charge on any atom is 0.174 e. The van der Waals surface area contributed by atoms with Crippen LogP contribution in [0.15, 0.2) is 0 Å². The molecule has 0 bridgehead atoms. The van der Waals surface area contributed by atoms with Gasteiger partial charge in [-0.3, -0.25) is 0 Å². The van der Waals surface area contributed by atoms with Crippen LogP contribution in [-0.4, -0.2) is 20.6 Å². The fourth-order valence-corrected chi connectivity index (χ4v) is 0.332. The number of nitrogens with zero attached hydrogens (tertiary/aromatic N) is 3. The molecule has 0 aromatic carbocycles. The molecule has 0 fully saturated rings. The van der Waals surface area contributed by atoms with Gasteiger partial charge in [-0.2, -0.15) is 5.21 Å². The molecule has 0 saturated heterocycles. The summed E-state index contributed by atoms with van der Waals surface area (Å²) < 4.78 is 0. The predicted octanol–water partition coefficient (Wildman–Crippen LogP) is 0.00810. The van der Waals surface area contributed by atoms with E-state index in [2.05, 4.69) is 20.6 Å². The topological polar surface area (TPSA) is 54.5 Å². The molecule has 0 amide bonds. The predicted molar refractivity (Wildman–Crippen MR) is 25.7 cm³/mol. The van der Waals surface area contributed by atoms with Crippen LogP contribution in [0.1, 0.15) is 14.2 Å². The number of tetrazole rings is 1. The number of H-pyrrole nitrogens is 1. The number of aromatic nitrogens is 4. The van der Waals surface area contributed by atoms with Gasteiger partial charge < -0.3 is 0 Å². The molecule has 0 atom stereocenters. The fourth-order valence-electron chi connectivity index (χ4n) is 0.332. The molecule has 0 aliphatic rings. The van der Waals surface area contributed by atoms with Crippen molar-refractivity contribution < 1.29 is 32.5 Å². The van der Waals surface area contributed by atoms with Gasteiger partial charge in [-0.15, -0.1) is 10.2 Å². The largest absolute Gasteiger partial charge is 0.177 e. The van der Waals surface area contributed by atoms with Gasteiger partial charge in [0, 0.05) is 39.0 Å². The minimum absolute atomic E-state index is 0. The number of hydrogen-bond donors (Lipinski definition) is 1. The van der Waals surface area contributed by atoms with Gasteiger partial charge in [-0.05, 0) is 0 Å². The zero-order valence-corrected chi connectivity index (χ0v) is 8.71. The van der Waals surface area contributed by atoms with Crippen molar-refractivity contribution >= 4 is 0 Å². The monoisotopic (exact) mass is 338 g/mol. The molecule has 0 unspecified atom stereocenters. The van der Waals surface area contributed by atoms with Crippen LogP contribution in [0.2, 0.25) is 0 Å². The molecule has 0 aliphatic carbocycles. The van der Waals surface area contributed by atoms with Crippen molar-refractivity contribution in [3.8, 4) is 0 Å². The van der Waals surface area contributed by atoms with Crippen molar-refractivity contribution in [2.75, 3.05) is 0 Å². The van der Waals surface area contributed by atoms with Gasteiger partial charge in [-0.25, -0.2) is 0 Å². The summed E-state index contributed by atoms with van der Waals surface area (Å²) in [5, 5.41) is 13.1. The van der Waals surface area contributed by atoms with Crippen LogP contribution in [0.4, 0.5) is 0 Å². The second-order valence-corrected chi connectivity index (χ2v) is 1.18. The number of hydrogen-bond acceptors (Lipinski definition) is 3. The van der Waals surface area contributed by atoms with Gasteiger partial charge in [0.2, 0.25) is 0 Å². The minimum atomic E-state index is 0. The number of aromatic amines is 1. The van der Waals surface area contributed by atoms with Crippen LogP contribution in [0.25, 0.3) is 0 Å². The van der Waals surface area contributed by atoms with E-state index in [9.17, 15) is 0 Å². The Labute approximate surface area is 72.3 Å². The summed E-state index contributed by atoms with van der Waals surface area (Å²) >= 11 is 0. The Morgan fingerprint density at radius 2 is 2.50 bits per heavy atom. The van der Waals surface area contributed by atoms with Crippen molar-refractivity contribution in [3.05, 3.63) is 5.82 Å². The molecule has 0 spiro atoms. The van der Waals surface area contributed by atoms with E-state index < -0.39 is 0 Å². The number of rotatable bonds is 1. The molecular formula is C3H8N4U. The molecule has 8 heavy (non-hydrogen) atoms. The molecule has 44 valence electrons. The van der Waals surface area contributed by atoms with Gasteiger partial charge in [0.1, 0.15) is 0 Å². The van der Waals surface area contributed by atoms with Crippen molar-refractivity contribution in [3.63, 3.8) is 0 Å². The van der Waals surface area contributed by atoms with Gasteiger partial charge in [0.15, 0.2) is 5.82 Å². The standard InChI is InChI=1S/C3H6N4.U.H2/c1-2-3-4-6-7-5-3;;/h2H2,1H3,(H,4,5,6,7);;1H. The van der Waals surface area contributed by atoms with E-state index in [0.717, 1.165) is 12.2 Å². The first-order valence-corrected chi connectivity index (χ1v) is 2.16. The average molecular weight is 338 g/mol.